The topological polar surface area (TPSA) is 59.8 Å². The zero-order valence-corrected chi connectivity index (χ0v) is 24.3. The van der Waals surface area contributed by atoms with Crippen LogP contribution in [0.25, 0.3) is 11.1 Å². The maximum absolute atomic E-state index is 14.4. The molecule has 5 heteroatoms. The molecule has 0 spiro atoms. The third-order valence-corrected chi connectivity index (χ3v) is 8.43. The average molecular weight is 570 g/mol. The fourth-order valence-electron chi connectivity index (χ4n) is 6.36. The second-order valence-corrected chi connectivity index (χ2v) is 11.2. The molecule has 0 saturated heterocycles. The Morgan fingerprint density at radius 1 is 0.814 bits per heavy atom. The lowest BCUT2D eigenvalue weighted by Gasteiger charge is -2.41. The highest BCUT2D eigenvalue weighted by Crippen LogP contribution is 2.41. The molecule has 0 radical (unpaired) electrons. The number of ether oxygens (including phenoxy) is 1. The molecule has 216 valence electrons. The number of esters is 1. The zero-order valence-electron chi connectivity index (χ0n) is 24.3. The first kappa shape index (κ1) is 28.2. The van der Waals surface area contributed by atoms with E-state index in [9.17, 15) is 9.59 Å². The molecule has 6 rings (SSSR count). The molecule has 0 aliphatic heterocycles. The first-order chi connectivity index (χ1) is 21.1. The summed E-state index contributed by atoms with van der Waals surface area (Å²) < 4.78 is 10.3. The quantitative estimate of drug-likeness (QED) is 0.170. The number of aryl methyl sites for hydroxylation is 1. The van der Waals surface area contributed by atoms with E-state index in [2.05, 4.69) is 53.4 Å². The van der Waals surface area contributed by atoms with Crippen molar-refractivity contribution in [3.05, 3.63) is 155 Å². The highest BCUT2D eigenvalue weighted by Gasteiger charge is 2.36. The van der Waals surface area contributed by atoms with Crippen LogP contribution in [0.4, 0.5) is 0 Å². The zero-order chi connectivity index (χ0) is 29.6. The smallest absolute Gasteiger partial charge is 0.337 e. The van der Waals surface area contributed by atoms with Crippen LogP contribution >= 0.6 is 0 Å². The second kappa shape index (κ2) is 13.0. The maximum Gasteiger partial charge on any atom is 0.337 e. The standard InChI is InChI=1S/C38H35NO4/c1-42-38(41)34-15-8-14-32(24-34)31-13-7-11-28(22-31)23-36(40)39(25-29-19-20-43-26-29)37-33(21-27-9-3-2-4-10-27)18-17-30-12-5-6-16-35(30)37/h2-16,19-20,22,24,26,33,37H,17-18,21,23,25H2,1H3/t33-,37-/m0/s1. The van der Waals surface area contributed by atoms with Crippen LogP contribution in [0.2, 0.25) is 0 Å². The van der Waals surface area contributed by atoms with E-state index in [0.29, 0.717) is 12.1 Å². The number of amides is 1. The minimum absolute atomic E-state index is 0.0625. The molecule has 2 atom stereocenters. The fraction of sp³-hybridized carbons (Fsp3) is 0.211. The van der Waals surface area contributed by atoms with Crippen molar-refractivity contribution in [2.75, 3.05) is 7.11 Å². The summed E-state index contributed by atoms with van der Waals surface area (Å²) >= 11 is 0. The number of benzene rings is 4. The summed E-state index contributed by atoms with van der Waals surface area (Å²) in [5, 5.41) is 0. The van der Waals surface area contributed by atoms with Crippen molar-refractivity contribution in [2.45, 2.75) is 38.3 Å². The minimum atomic E-state index is -0.374. The summed E-state index contributed by atoms with van der Waals surface area (Å²) in [5.74, 6) is -0.0251. The van der Waals surface area contributed by atoms with Crippen molar-refractivity contribution < 1.29 is 18.7 Å². The highest BCUT2D eigenvalue weighted by molar-refractivity contribution is 5.91. The van der Waals surface area contributed by atoms with Crippen LogP contribution in [-0.2, 0) is 35.3 Å². The van der Waals surface area contributed by atoms with Gasteiger partial charge in [0, 0.05) is 12.1 Å². The molecule has 5 nitrogen and oxygen atoms in total. The van der Waals surface area contributed by atoms with Crippen LogP contribution in [0.3, 0.4) is 0 Å². The number of methoxy groups -OCH3 is 1. The lowest BCUT2D eigenvalue weighted by atomic mass is 9.76. The molecule has 1 aliphatic carbocycles. The Bertz CT molecular complexity index is 1690. The van der Waals surface area contributed by atoms with E-state index in [4.69, 9.17) is 9.15 Å². The largest absolute Gasteiger partial charge is 0.472 e. The summed E-state index contributed by atoms with van der Waals surface area (Å²) in [5.41, 5.74) is 8.07. The lowest BCUT2D eigenvalue weighted by molar-refractivity contribution is -0.135. The van der Waals surface area contributed by atoms with E-state index in [1.807, 2.05) is 54.6 Å². The molecule has 43 heavy (non-hydrogen) atoms. The lowest BCUT2D eigenvalue weighted by Crippen LogP contribution is -2.41. The Hall–Kier alpha value is -4.90. The normalized spacial score (nSPS) is 15.8. The van der Waals surface area contributed by atoms with Crippen molar-refractivity contribution in [1.29, 1.82) is 0 Å². The van der Waals surface area contributed by atoms with E-state index in [-0.39, 0.29) is 30.3 Å². The number of fused-ring (bicyclic) bond motifs is 1. The number of carbonyl (C=O) groups is 2. The average Bonchev–Trinajstić information content (AvgIpc) is 3.57. The van der Waals surface area contributed by atoms with E-state index >= 15 is 0 Å². The number of hydrogen-bond donors (Lipinski definition) is 0. The van der Waals surface area contributed by atoms with Gasteiger partial charge in [0.05, 0.1) is 37.7 Å². The molecule has 1 heterocycles. The number of rotatable bonds is 9. The van der Waals surface area contributed by atoms with Crippen molar-refractivity contribution in [2.24, 2.45) is 5.92 Å². The summed E-state index contributed by atoms with van der Waals surface area (Å²) in [4.78, 5) is 28.6. The molecule has 4 aromatic carbocycles. The van der Waals surface area contributed by atoms with Crippen LogP contribution in [0.15, 0.2) is 126 Å². The number of furan rings is 1. The van der Waals surface area contributed by atoms with E-state index in [1.54, 1.807) is 18.6 Å². The van der Waals surface area contributed by atoms with Crippen molar-refractivity contribution in [1.82, 2.24) is 4.90 Å². The van der Waals surface area contributed by atoms with E-state index < -0.39 is 0 Å². The van der Waals surface area contributed by atoms with Crippen LogP contribution in [0, 0.1) is 5.92 Å². The van der Waals surface area contributed by atoms with Gasteiger partial charge in [-0.25, -0.2) is 4.79 Å². The third kappa shape index (κ3) is 6.46. The highest BCUT2D eigenvalue weighted by atomic mass is 16.5. The van der Waals surface area contributed by atoms with Crippen LogP contribution in [-0.4, -0.2) is 23.9 Å². The molecular formula is C38H35NO4. The summed E-state index contributed by atoms with van der Waals surface area (Å²) in [6.45, 7) is 0.473. The van der Waals surface area contributed by atoms with Crippen LogP contribution in [0.5, 0.6) is 0 Å². The Kier molecular flexibility index (Phi) is 8.50. The Labute approximate surface area is 252 Å². The van der Waals surface area contributed by atoms with Gasteiger partial charge in [-0.15, -0.1) is 0 Å². The molecule has 1 aliphatic rings. The Morgan fingerprint density at radius 2 is 1.56 bits per heavy atom. The molecule has 0 saturated carbocycles. The Morgan fingerprint density at radius 3 is 2.35 bits per heavy atom. The fourth-order valence-corrected chi connectivity index (χ4v) is 6.36. The molecular weight excluding hydrogens is 534 g/mol. The van der Waals surface area contributed by atoms with Gasteiger partial charge in [0.25, 0.3) is 0 Å². The molecule has 1 aromatic heterocycles. The van der Waals surface area contributed by atoms with Crippen molar-refractivity contribution in [3.8, 4) is 11.1 Å². The summed E-state index contributed by atoms with van der Waals surface area (Å²) in [7, 11) is 1.38. The molecule has 0 N–H and O–H groups in total. The van der Waals surface area contributed by atoms with Crippen LogP contribution < -0.4 is 0 Å². The molecule has 0 fully saturated rings. The van der Waals surface area contributed by atoms with Gasteiger partial charge >= 0.3 is 5.97 Å². The first-order valence-electron chi connectivity index (χ1n) is 14.8. The maximum atomic E-state index is 14.4. The van der Waals surface area contributed by atoms with Gasteiger partial charge in [-0.1, -0.05) is 91.0 Å². The van der Waals surface area contributed by atoms with Gasteiger partial charge in [0.1, 0.15) is 0 Å². The molecule has 0 bridgehead atoms. The van der Waals surface area contributed by atoms with Gasteiger partial charge in [0.2, 0.25) is 5.91 Å². The number of nitrogens with zero attached hydrogens (tertiary/aromatic N) is 1. The second-order valence-electron chi connectivity index (χ2n) is 11.2. The first-order valence-corrected chi connectivity index (χ1v) is 14.8. The van der Waals surface area contributed by atoms with E-state index in [0.717, 1.165) is 41.5 Å². The Balaban J connectivity index is 1.33. The number of hydrogen-bond acceptors (Lipinski definition) is 4. The van der Waals surface area contributed by atoms with Crippen molar-refractivity contribution in [3.63, 3.8) is 0 Å². The van der Waals surface area contributed by atoms with Gasteiger partial charge in [-0.3, -0.25) is 4.79 Å². The molecule has 1 amide bonds. The van der Waals surface area contributed by atoms with Gasteiger partial charge in [-0.2, -0.15) is 0 Å². The van der Waals surface area contributed by atoms with Gasteiger partial charge in [0.15, 0.2) is 0 Å². The van der Waals surface area contributed by atoms with E-state index in [1.165, 1.54) is 23.8 Å². The minimum Gasteiger partial charge on any atom is -0.472 e. The van der Waals surface area contributed by atoms with Gasteiger partial charge in [-0.05, 0) is 76.8 Å². The summed E-state index contributed by atoms with van der Waals surface area (Å²) in [6.07, 6.45) is 6.58. The molecule has 5 aromatic rings. The predicted molar refractivity (Wildman–Crippen MR) is 167 cm³/mol. The monoisotopic (exact) mass is 569 g/mol. The third-order valence-electron chi connectivity index (χ3n) is 8.43. The van der Waals surface area contributed by atoms with Crippen molar-refractivity contribution >= 4 is 11.9 Å². The molecule has 0 unspecified atom stereocenters. The number of carbonyl (C=O) groups excluding carboxylic acids is 2. The summed E-state index contributed by atoms with van der Waals surface area (Å²) in [6, 6.07) is 36.4. The van der Waals surface area contributed by atoms with Crippen LogP contribution in [0.1, 0.15) is 50.6 Å². The predicted octanol–water partition coefficient (Wildman–Crippen LogP) is 7.85. The van der Waals surface area contributed by atoms with Gasteiger partial charge < -0.3 is 14.1 Å². The SMILES string of the molecule is COC(=O)c1cccc(-c2cccc(CC(=O)N(Cc3ccoc3)[C@@H]3c4ccccc4CC[C@H]3Cc3ccccc3)c2)c1.